The van der Waals surface area contributed by atoms with E-state index in [1.165, 1.54) is 334 Å². The monoisotopic (exact) mass is 1390 g/mol. The van der Waals surface area contributed by atoms with E-state index in [9.17, 15) is 45.6 Å². The van der Waals surface area contributed by atoms with Crippen molar-refractivity contribution in [1.82, 2.24) is 5.32 Å². The predicted molar refractivity (Wildman–Crippen MR) is 406 cm³/mol. The van der Waals surface area contributed by atoms with Crippen molar-refractivity contribution in [3.05, 3.63) is 36.5 Å². The molecule has 578 valence electrons. The summed E-state index contributed by atoms with van der Waals surface area (Å²) in [7, 11) is 0. The molecule has 0 aliphatic carbocycles. The Kier molecular flexibility index (Phi) is 64.3. The van der Waals surface area contributed by atoms with E-state index in [2.05, 4.69) is 43.5 Å². The van der Waals surface area contributed by atoms with Gasteiger partial charge in [-0.05, 0) is 57.8 Å². The van der Waals surface area contributed by atoms with Crippen molar-refractivity contribution < 1.29 is 64.6 Å². The number of nitrogens with one attached hydrogen (secondary N) is 1. The Labute approximate surface area is 601 Å². The molecule has 2 aliphatic rings. The highest BCUT2D eigenvalue weighted by molar-refractivity contribution is 5.76. The number of amides is 1. The van der Waals surface area contributed by atoms with Crippen molar-refractivity contribution in [2.24, 2.45) is 0 Å². The van der Waals surface area contributed by atoms with E-state index in [0.29, 0.717) is 12.8 Å². The average molecular weight is 1390 g/mol. The molecule has 14 nitrogen and oxygen atoms in total. The number of carbonyl (C=O) groups is 1. The van der Waals surface area contributed by atoms with Crippen LogP contribution in [0.2, 0.25) is 0 Å². The summed E-state index contributed by atoms with van der Waals surface area (Å²) in [5.74, 6) is -0.240. The van der Waals surface area contributed by atoms with E-state index in [-0.39, 0.29) is 18.9 Å². The first-order chi connectivity index (χ1) is 48.1. The lowest BCUT2D eigenvalue weighted by Crippen LogP contribution is -2.65. The van der Waals surface area contributed by atoms with E-state index in [1.54, 1.807) is 6.08 Å². The summed E-state index contributed by atoms with van der Waals surface area (Å²) in [6.45, 7) is 2.85. The molecule has 14 heteroatoms. The summed E-state index contributed by atoms with van der Waals surface area (Å²) in [6, 6.07) is -0.932. The Bertz CT molecular complexity index is 1780. The van der Waals surface area contributed by atoms with E-state index >= 15 is 0 Å². The van der Waals surface area contributed by atoms with Crippen molar-refractivity contribution in [1.29, 1.82) is 0 Å². The number of aliphatic hydroxyl groups is 8. The van der Waals surface area contributed by atoms with Crippen LogP contribution in [0, 0.1) is 0 Å². The van der Waals surface area contributed by atoms with Crippen molar-refractivity contribution >= 4 is 5.91 Å². The first-order valence-corrected chi connectivity index (χ1v) is 42.2. The third kappa shape index (κ3) is 50.6. The quantitative estimate of drug-likeness (QED) is 0.0204. The smallest absolute Gasteiger partial charge is 0.220 e. The Balaban J connectivity index is 1.59. The van der Waals surface area contributed by atoms with Crippen LogP contribution in [0.3, 0.4) is 0 Å². The van der Waals surface area contributed by atoms with Gasteiger partial charge in [0.25, 0.3) is 0 Å². The maximum Gasteiger partial charge on any atom is 0.220 e. The molecule has 98 heavy (non-hydrogen) atoms. The van der Waals surface area contributed by atoms with Gasteiger partial charge in [-0.15, -0.1) is 0 Å². The molecule has 0 saturated carbocycles. The molecular weight excluding hydrogens is 1230 g/mol. The molecule has 2 aliphatic heterocycles. The molecule has 2 heterocycles. The van der Waals surface area contributed by atoms with Crippen LogP contribution >= 0.6 is 0 Å². The lowest BCUT2D eigenvalue weighted by molar-refractivity contribution is -0.359. The second kappa shape index (κ2) is 68.3. The predicted octanol–water partition coefficient (Wildman–Crippen LogP) is 19.6. The highest BCUT2D eigenvalue weighted by Gasteiger charge is 2.51. The van der Waals surface area contributed by atoms with Crippen LogP contribution < -0.4 is 5.32 Å². The van der Waals surface area contributed by atoms with Gasteiger partial charge in [-0.3, -0.25) is 4.79 Å². The molecule has 0 radical (unpaired) electrons. The van der Waals surface area contributed by atoms with Gasteiger partial charge in [-0.2, -0.15) is 0 Å². The normalized spacial score (nSPS) is 22.1. The van der Waals surface area contributed by atoms with Gasteiger partial charge in [0.15, 0.2) is 12.6 Å². The average Bonchev–Trinajstić information content (AvgIpc) is 0.793. The molecule has 2 fully saturated rings. The molecule has 12 unspecified atom stereocenters. The summed E-state index contributed by atoms with van der Waals surface area (Å²) in [5.41, 5.74) is 0. The van der Waals surface area contributed by atoms with Gasteiger partial charge in [0, 0.05) is 6.42 Å². The zero-order valence-electron chi connectivity index (χ0n) is 63.6. The Morgan fingerprint density at radius 2 is 0.653 bits per heavy atom. The first-order valence-electron chi connectivity index (χ1n) is 42.2. The summed E-state index contributed by atoms with van der Waals surface area (Å²) >= 11 is 0. The van der Waals surface area contributed by atoms with E-state index in [1.807, 2.05) is 6.08 Å². The number of unbranched alkanes of at least 4 members (excludes halogenated alkanes) is 55. The van der Waals surface area contributed by atoms with Crippen LogP contribution in [0.5, 0.6) is 0 Å². The molecule has 12 atom stereocenters. The number of hydrogen-bond donors (Lipinski definition) is 9. The van der Waals surface area contributed by atoms with Gasteiger partial charge in [0.05, 0.1) is 32.0 Å². The minimum atomic E-state index is -1.79. The molecular formula is C84H159NO13. The Morgan fingerprint density at radius 3 is 1.00 bits per heavy atom. The zero-order valence-corrected chi connectivity index (χ0v) is 63.6. The van der Waals surface area contributed by atoms with Crippen molar-refractivity contribution in [2.75, 3.05) is 19.8 Å². The largest absolute Gasteiger partial charge is 0.394 e. The fourth-order valence-corrected chi connectivity index (χ4v) is 14.1. The number of ether oxygens (including phenoxy) is 4. The van der Waals surface area contributed by atoms with Crippen LogP contribution in [0.4, 0.5) is 0 Å². The van der Waals surface area contributed by atoms with Gasteiger partial charge in [-0.1, -0.05) is 371 Å². The molecule has 2 saturated heterocycles. The number of rotatable bonds is 72. The highest BCUT2D eigenvalue weighted by atomic mass is 16.7. The lowest BCUT2D eigenvalue weighted by Gasteiger charge is -2.46. The van der Waals surface area contributed by atoms with Crippen LogP contribution in [0.1, 0.15) is 399 Å². The molecule has 0 aromatic heterocycles. The Morgan fingerprint density at radius 1 is 0.357 bits per heavy atom. The lowest BCUT2D eigenvalue weighted by atomic mass is 9.97. The minimum absolute atomic E-state index is 0.240. The van der Waals surface area contributed by atoms with Gasteiger partial charge >= 0.3 is 0 Å². The van der Waals surface area contributed by atoms with Gasteiger partial charge in [0.1, 0.15) is 48.8 Å². The standard InChI is InChI=1S/C84H159NO13/c1-3-5-7-9-11-13-15-17-19-21-23-25-27-29-31-32-33-34-35-36-37-38-39-40-42-44-46-48-50-52-54-56-58-60-62-64-66-68-76(89)85-72(71-95-83-81(94)79(92)82(75(70-87)97-83)98-84-80(93)78(91)77(90)74(69-86)96-84)73(88)67-65-63-61-59-57-55-53-51-49-47-45-43-41-30-28-26-24-22-20-18-16-14-12-10-8-6-4-2/h21,23,57,59,65,67,72-75,77-84,86-88,90-94H,3-20,22,24-56,58,60-64,66,68-71H2,1-2H3,(H,85,89)/b23-21-,59-57+,67-65+. The fourth-order valence-electron chi connectivity index (χ4n) is 14.1. The van der Waals surface area contributed by atoms with Crippen LogP contribution in [0.25, 0.3) is 0 Å². The number of carbonyl (C=O) groups excluding carboxylic acids is 1. The maximum absolute atomic E-state index is 13.4. The zero-order chi connectivity index (χ0) is 70.8. The highest BCUT2D eigenvalue weighted by Crippen LogP contribution is 2.30. The van der Waals surface area contributed by atoms with Crippen LogP contribution in [-0.4, -0.2) is 140 Å². The van der Waals surface area contributed by atoms with Crippen molar-refractivity contribution in [3.63, 3.8) is 0 Å². The summed E-state index contributed by atoms with van der Waals surface area (Å²) in [4.78, 5) is 13.4. The maximum atomic E-state index is 13.4. The Hall–Kier alpha value is -1.79. The molecule has 0 spiro atoms. The minimum Gasteiger partial charge on any atom is -0.394 e. The second-order valence-corrected chi connectivity index (χ2v) is 30.0. The van der Waals surface area contributed by atoms with E-state index in [4.69, 9.17) is 18.9 Å². The number of hydrogen-bond acceptors (Lipinski definition) is 13. The molecule has 0 aromatic rings. The van der Waals surface area contributed by atoms with Crippen molar-refractivity contribution in [3.8, 4) is 0 Å². The van der Waals surface area contributed by atoms with Crippen molar-refractivity contribution in [2.45, 2.75) is 473 Å². The SMILES string of the molecule is CCCCCCCCCC/C=C\CCCCCCCCCCCCCCCCCCCCCCCCCCCC(=O)NC(COC1OC(CO)C(OC2OC(CO)C(O)C(O)C2O)C(O)C1O)C(O)/C=C/CC/C=C/CCCCCCCCCCCCCCCCCCCCCCC. The second-order valence-electron chi connectivity index (χ2n) is 30.0. The molecule has 0 aromatic carbocycles. The first kappa shape index (κ1) is 92.3. The molecule has 1 amide bonds. The third-order valence-corrected chi connectivity index (χ3v) is 20.8. The topological polar surface area (TPSA) is 228 Å². The van der Waals surface area contributed by atoms with Gasteiger partial charge in [0.2, 0.25) is 5.91 Å². The van der Waals surface area contributed by atoms with Gasteiger partial charge in [-0.25, -0.2) is 0 Å². The number of aliphatic hydroxyl groups excluding tert-OH is 8. The van der Waals surface area contributed by atoms with Crippen LogP contribution in [-0.2, 0) is 23.7 Å². The summed E-state index contributed by atoms with van der Waals surface area (Å²) in [5, 5.41) is 87.7. The summed E-state index contributed by atoms with van der Waals surface area (Å²) in [6.07, 6.45) is 74.0. The third-order valence-electron chi connectivity index (χ3n) is 20.8. The van der Waals surface area contributed by atoms with E-state index in [0.717, 1.165) is 32.1 Å². The molecule has 0 bridgehead atoms. The molecule has 2 rings (SSSR count). The summed E-state index contributed by atoms with van der Waals surface area (Å²) < 4.78 is 22.9. The molecule has 9 N–H and O–H groups in total. The fraction of sp³-hybridized carbons (Fsp3) is 0.917. The number of allylic oxidation sites excluding steroid dienone is 5. The van der Waals surface area contributed by atoms with Gasteiger partial charge < -0.3 is 65.1 Å². The van der Waals surface area contributed by atoms with E-state index < -0.39 is 86.8 Å². The van der Waals surface area contributed by atoms with Crippen LogP contribution in [0.15, 0.2) is 36.5 Å².